The normalized spacial score (nSPS) is 14.6. The minimum atomic E-state index is -1.12. The molecule has 0 radical (unpaired) electrons. The zero-order chi connectivity index (χ0) is 17.7. The molecule has 0 unspecified atom stereocenters. The third-order valence-corrected chi connectivity index (χ3v) is 5.35. The molecule has 0 spiro atoms. The van der Waals surface area contributed by atoms with E-state index in [-0.39, 0.29) is 17.2 Å². The summed E-state index contributed by atoms with van der Waals surface area (Å²) in [5.74, 6) is -1.05. The van der Waals surface area contributed by atoms with E-state index < -0.39 is 5.97 Å². The fraction of sp³-hybridized carbons (Fsp3) is 0.235. The predicted molar refractivity (Wildman–Crippen MR) is 94.8 cm³/mol. The highest BCUT2D eigenvalue weighted by atomic mass is 35.5. The summed E-state index contributed by atoms with van der Waals surface area (Å²) in [6.07, 6.45) is 4.37. The number of rotatable bonds is 3. The molecular weight excluding hydrogens is 365 g/mol. The summed E-state index contributed by atoms with van der Waals surface area (Å²) in [4.78, 5) is 27.0. The molecule has 2 heterocycles. The van der Waals surface area contributed by atoms with E-state index in [1.807, 2.05) is 0 Å². The van der Waals surface area contributed by atoms with Crippen molar-refractivity contribution in [3.8, 4) is 11.3 Å². The fourth-order valence-corrected chi connectivity index (χ4v) is 3.45. The van der Waals surface area contributed by atoms with Gasteiger partial charge in [0, 0.05) is 11.1 Å². The molecule has 1 fully saturated rings. The van der Waals surface area contributed by atoms with Crippen molar-refractivity contribution in [3.63, 3.8) is 0 Å². The Morgan fingerprint density at radius 1 is 1.28 bits per heavy atom. The van der Waals surface area contributed by atoms with Crippen LogP contribution >= 0.6 is 23.2 Å². The summed E-state index contributed by atoms with van der Waals surface area (Å²) in [7, 11) is 0. The molecule has 1 aliphatic carbocycles. The molecule has 25 heavy (non-hydrogen) atoms. The summed E-state index contributed by atoms with van der Waals surface area (Å²) in [5, 5.41) is 14.4. The van der Waals surface area contributed by atoms with Gasteiger partial charge >= 0.3 is 5.97 Å². The first-order valence-corrected chi connectivity index (χ1v) is 8.55. The largest absolute Gasteiger partial charge is 0.476 e. The van der Waals surface area contributed by atoms with E-state index >= 15 is 0 Å². The minimum Gasteiger partial charge on any atom is -0.476 e. The molecule has 0 bridgehead atoms. The highest BCUT2D eigenvalue weighted by Crippen LogP contribution is 2.39. The zero-order valence-corrected chi connectivity index (χ0v) is 14.4. The van der Waals surface area contributed by atoms with Crippen LogP contribution in [0, 0.1) is 0 Å². The number of nitrogens with one attached hydrogen (secondary N) is 1. The van der Waals surface area contributed by atoms with Crippen LogP contribution in [0.5, 0.6) is 0 Å². The first-order valence-electron chi connectivity index (χ1n) is 7.80. The quantitative estimate of drug-likeness (QED) is 0.722. The summed E-state index contributed by atoms with van der Waals surface area (Å²) in [5.41, 5.74) is 1.54. The van der Waals surface area contributed by atoms with Crippen LogP contribution in [0.4, 0.5) is 0 Å². The predicted octanol–water partition coefficient (Wildman–Crippen LogP) is 3.96. The smallest absolute Gasteiger partial charge is 0.356 e. The molecule has 0 atom stereocenters. The van der Waals surface area contributed by atoms with Gasteiger partial charge in [-0.15, -0.1) is 0 Å². The highest BCUT2D eigenvalue weighted by Gasteiger charge is 2.31. The monoisotopic (exact) mass is 377 g/mol. The van der Waals surface area contributed by atoms with E-state index in [1.54, 1.807) is 24.4 Å². The van der Waals surface area contributed by atoms with Gasteiger partial charge in [-0.3, -0.25) is 4.79 Å². The second-order valence-corrected chi connectivity index (χ2v) is 6.93. The minimum absolute atomic E-state index is 0.0542. The zero-order valence-electron chi connectivity index (χ0n) is 12.9. The van der Waals surface area contributed by atoms with Crippen molar-refractivity contribution in [2.75, 3.05) is 0 Å². The van der Waals surface area contributed by atoms with Gasteiger partial charge in [-0.25, -0.2) is 9.31 Å². The van der Waals surface area contributed by atoms with Crippen molar-refractivity contribution in [1.29, 1.82) is 0 Å². The number of hydrogen-bond acceptors (Lipinski definition) is 3. The molecule has 1 saturated carbocycles. The molecule has 1 aliphatic rings. The number of aromatic carboxylic acids is 1. The molecule has 1 aromatic carbocycles. The number of hydrogen-bond donors (Lipinski definition) is 2. The number of nitrogens with zero attached hydrogens (tertiary/aromatic N) is 2. The third-order valence-electron chi connectivity index (χ3n) is 4.61. The van der Waals surface area contributed by atoms with Gasteiger partial charge in [0.1, 0.15) is 5.52 Å². The number of carboxylic acid groups (broad SMARTS) is 1. The van der Waals surface area contributed by atoms with Crippen LogP contribution in [0.3, 0.4) is 0 Å². The number of carbonyl (C=O) groups is 1. The van der Waals surface area contributed by atoms with Crippen LogP contribution < -0.4 is 5.56 Å². The molecule has 0 aliphatic heterocycles. The number of aromatic nitrogens is 3. The van der Waals surface area contributed by atoms with Crippen LogP contribution in [-0.4, -0.2) is 25.7 Å². The van der Waals surface area contributed by atoms with Gasteiger partial charge < -0.3 is 10.1 Å². The highest BCUT2D eigenvalue weighted by molar-refractivity contribution is 6.42. The molecule has 2 aromatic heterocycles. The lowest BCUT2D eigenvalue weighted by Gasteiger charge is -2.24. The van der Waals surface area contributed by atoms with Gasteiger partial charge in [0.25, 0.3) is 5.56 Å². The van der Waals surface area contributed by atoms with E-state index in [1.165, 1.54) is 4.52 Å². The van der Waals surface area contributed by atoms with E-state index in [2.05, 4.69) is 10.1 Å². The average molecular weight is 378 g/mol. The second kappa shape index (κ2) is 5.89. The Morgan fingerprint density at radius 3 is 2.64 bits per heavy atom. The van der Waals surface area contributed by atoms with Gasteiger partial charge in [-0.1, -0.05) is 35.7 Å². The van der Waals surface area contributed by atoms with Gasteiger partial charge in [0.2, 0.25) is 0 Å². The Balaban J connectivity index is 1.94. The van der Waals surface area contributed by atoms with Gasteiger partial charge in [-0.2, -0.15) is 5.10 Å². The Hall–Kier alpha value is -2.31. The van der Waals surface area contributed by atoms with Crippen molar-refractivity contribution >= 4 is 34.7 Å². The molecule has 6 nitrogen and oxygen atoms in total. The van der Waals surface area contributed by atoms with Crippen LogP contribution in [0.1, 0.15) is 41.2 Å². The number of halogens is 2. The maximum Gasteiger partial charge on any atom is 0.356 e. The van der Waals surface area contributed by atoms with Gasteiger partial charge in [-0.05, 0) is 30.9 Å². The Labute approximate surface area is 152 Å². The SMILES string of the molecule is O=C(O)c1nn2cc(-c3ccc(Cl)c(Cl)c3)[nH]c(=O)c2c1C1CCC1. The van der Waals surface area contributed by atoms with Crippen molar-refractivity contribution in [1.82, 2.24) is 14.6 Å². The molecule has 3 aromatic rings. The molecule has 0 saturated heterocycles. The van der Waals surface area contributed by atoms with Crippen molar-refractivity contribution in [2.24, 2.45) is 0 Å². The molecule has 4 rings (SSSR count). The number of benzene rings is 1. The molecule has 128 valence electrons. The van der Waals surface area contributed by atoms with E-state index in [0.29, 0.717) is 32.4 Å². The molecule has 8 heteroatoms. The van der Waals surface area contributed by atoms with Gasteiger partial charge in [0.05, 0.1) is 21.9 Å². The van der Waals surface area contributed by atoms with Crippen molar-refractivity contribution in [2.45, 2.75) is 25.2 Å². The lowest BCUT2D eigenvalue weighted by molar-refractivity contribution is 0.0687. The summed E-state index contributed by atoms with van der Waals surface area (Å²) in [6, 6.07) is 4.99. The van der Waals surface area contributed by atoms with Crippen molar-refractivity contribution < 1.29 is 9.90 Å². The number of fused-ring (bicyclic) bond motifs is 1. The molecule has 0 amide bonds. The van der Waals surface area contributed by atoms with Crippen LogP contribution in [0.15, 0.2) is 29.2 Å². The lowest BCUT2D eigenvalue weighted by Crippen LogP contribution is -2.17. The fourth-order valence-electron chi connectivity index (χ4n) is 3.15. The van der Waals surface area contributed by atoms with Gasteiger partial charge in [0.15, 0.2) is 5.69 Å². The lowest BCUT2D eigenvalue weighted by atomic mass is 9.79. The number of H-pyrrole nitrogens is 1. The van der Waals surface area contributed by atoms with Crippen LogP contribution in [0.2, 0.25) is 10.0 Å². The van der Waals surface area contributed by atoms with E-state index in [0.717, 1.165) is 19.3 Å². The summed E-state index contributed by atoms with van der Waals surface area (Å²) < 4.78 is 1.35. The van der Waals surface area contributed by atoms with Crippen LogP contribution in [-0.2, 0) is 0 Å². The van der Waals surface area contributed by atoms with E-state index in [4.69, 9.17) is 23.2 Å². The Bertz CT molecular complexity index is 1070. The van der Waals surface area contributed by atoms with E-state index in [9.17, 15) is 14.7 Å². The first-order chi connectivity index (χ1) is 12.0. The third kappa shape index (κ3) is 2.62. The average Bonchev–Trinajstić information content (AvgIpc) is 2.88. The maximum atomic E-state index is 12.7. The topological polar surface area (TPSA) is 87.5 Å². The number of aromatic amines is 1. The first kappa shape index (κ1) is 16.2. The molecular formula is C17H13Cl2N3O3. The Kier molecular flexibility index (Phi) is 3.81. The maximum absolute atomic E-state index is 12.7. The Morgan fingerprint density at radius 2 is 2.04 bits per heavy atom. The number of carboxylic acids is 1. The second-order valence-electron chi connectivity index (χ2n) is 6.11. The molecule has 2 N–H and O–H groups in total. The standard InChI is InChI=1S/C17H13Cl2N3O3/c18-10-5-4-9(6-11(10)19)12-7-22-15(16(23)20-12)13(8-2-1-3-8)14(21-22)17(24)25/h4-8H,1-3H2,(H,20,23)(H,24,25). The summed E-state index contributed by atoms with van der Waals surface area (Å²) >= 11 is 12.0. The van der Waals surface area contributed by atoms with Crippen LogP contribution in [0.25, 0.3) is 16.8 Å². The summed E-state index contributed by atoms with van der Waals surface area (Å²) in [6.45, 7) is 0. The van der Waals surface area contributed by atoms with Crippen molar-refractivity contribution in [3.05, 3.63) is 56.1 Å².